The second-order valence-corrected chi connectivity index (χ2v) is 6.54. The van der Waals surface area contributed by atoms with Crippen molar-refractivity contribution in [2.45, 2.75) is 19.4 Å². The summed E-state index contributed by atoms with van der Waals surface area (Å²) >= 11 is 0. The highest BCUT2D eigenvalue weighted by Gasteiger charge is 2.22. The molecule has 0 aliphatic carbocycles. The van der Waals surface area contributed by atoms with Crippen LogP contribution in [0.5, 0.6) is 11.5 Å². The van der Waals surface area contributed by atoms with E-state index >= 15 is 0 Å². The molecule has 5 heteroatoms. The SMILES string of the molecule is Cc1cc2c(cc1/C=C/C1NCCc3c1[nH]c1cnccc31)OCO2. The summed E-state index contributed by atoms with van der Waals surface area (Å²) in [5.41, 5.74) is 6.07. The van der Waals surface area contributed by atoms with E-state index in [-0.39, 0.29) is 6.04 Å². The number of aryl methyl sites for hydroxylation is 1. The molecule has 3 aromatic rings. The molecule has 2 aromatic heterocycles. The van der Waals surface area contributed by atoms with Crippen molar-refractivity contribution < 1.29 is 9.47 Å². The van der Waals surface area contributed by atoms with Gasteiger partial charge in [-0.15, -0.1) is 0 Å². The minimum Gasteiger partial charge on any atom is -0.454 e. The van der Waals surface area contributed by atoms with Gasteiger partial charge in [-0.05, 0) is 48.2 Å². The minimum atomic E-state index is 0.168. The molecule has 4 heterocycles. The van der Waals surface area contributed by atoms with Crippen molar-refractivity contribution in [3.8, 4) is 11.5 Å². The number of hydrogen-bond acceptors (Lipinski definition) is 4. The normalized spacial score (nSPS) is 18.8. The van der Waals surface area contributed by atoms with E-state index in [0.29, 0.717) is 6.79 Å². The number of hydrogen-bond donors (Lipinski definition) is 2. The Hall–Kier alpha value is -2.79. The van der Waals surface area contributed by atoms with Crippen LogP contribution in [0.2, 0.25) is 0 Å². The molecule has 0 fully saturated rings. The van der Waals surface area contributed by atoms with Gasteiger partial charge in [-0.1, -0.05) is 12.2 Å². The third-order valence-corrected chi connectivity index (χ3v) is 5.02. The van der Waals surface area contributed by atoms with E-state index in [9.17, 15) is 0 Å². The Bertz CT molecular complexity index is 990. The number of aromatic amines is 1. The number of pyridine rings is 1. The van der Waals surface area contributed by atoms with E-state index in [1.54, 1.807) is 0 Å². The minimum absolute atomic E-state index is 0.168. The molecule has 2 aliphatic heterocycles. The van der Waals surface area contributed by atoms with Crippen LogP contribution in [0.3, 0.4) is 0 Å². The van der Waals surface area contributed by atoms with E-state index in [4.69, 9.17) is 9.47 Å². The standard InChI is InChI=1S/C20H19N3O2/c1-12-8-18-19(25-11-24-18)9-13(12)2-3-16-20-15(5-7-22-16)14-4-6-21-10-17(14)23-20/h2-4,6,8-10,16,22-23H,5,7,11H2,1H3/b3-2+. The van der Waals surface area contributed by atoms with Gasteiger partial charge in [0.1, 0.15) is 0 Å². The Morgan fingerprint density at radius 1 is 1.24 bits per heavy atom. The summed E-state index contributed by atoms with van der Waals surface area (Å²) in [4.78, 5) is 7.76. The lowest BCUT2D eigenvalue weighted by molar-refractivity contribution is 0.174. The molecule has 0 radical (unpaired) electrons. The summed E-state index contributed by atoms with van der Waals surface area (Å²) in [7, 11) is 0. The van der Waals surface area contributed by atoms with Crippen LogP contribution in [0, 0.1) is 6.92 Å². The van der Waals surface area contributed by atoms with Gasteiger partial charge in [-0.3, -0.25) is 4.98 Å². The van der Waals surface area contributed by atoms with Gasteiger partial charge in [-0.2, -0.15) is 0 Å². The topological polar surface area (TPSA) is 59.2 Å². The Labute approximate surface area is 145 Å². The Morgan fingerprint density at radius 2 is 2.12 bits per heavy atom. The molecular formula is C20H19N3O2. The third-order valence-electron chi connectivity index (χ3n) is 5.02. The maximum Gasteiger partial charge on any atom is 0.231 e. The number of nitrogens with one attached hydrogen (secondary N) is 2. The number of benzene rings is 1. The molecule has 5 nitrogen and oxygen atoms in total. The summed E-state index contributed by atoms with van der Waals surface area (Å²) in [5, 5.41) is 4.87. The fraction of sp³-hybridized carbons (Fsp3) is 0.250. The zero-order valence-electron chi connectivity index (χ0n) is 14.0. The fourth-order valence-electron chi connectivity index (χ4n) is 3.72. The predicted molar refractivity (Wildman–Crippen MR) is 96.9 cm³/mol. The van der Waals surface area contributed by atoms with Crippen molar-refractivity contribution >= 4 is 17.0 Å². The van der Waals surface area contributed by atoms with Gasteiger partial charge < -0.3 is 19.8 Å². The van der Waals surface area contributed by atoms with Crippen LogP contribution >= 0.6 is 0 Å². The fourth-order valence-corrected chi connectivity index (χ4v) is 3.72. The first-order valence-corrected chi connectivity index (χ1v) is 8.56. The molecule has 5 rings (SSSR count). The lowest BCUT2D eigenvalue weighted by Gasteiger charge is -2.21. The van der Waals surface area contributed by atoms with Crippen molar-refractivity contribution in [1.82, 2.24) is 15.3 Å². The summed E-state index contributed by atoms with van der Waals surface area (Å²) < 4.78 is 10.9. The molecule has 0 saturated heterocycles. The van der Waals surface area contributed by atoms with Gasteiger partial charge in [0.05, 0.1) is 17.8 Å². The molecule has 2 N–H and O–H groups in total. The Kier molecular flexibility index (Phi) is 3.28. The van der Waals surface area contributed by atoms with Crippen LogP contribution in [0.25, 0.3) is 17.0 Å². The van der Waals surface area contributed by atoms with E-state index in [0.717, 1.165) is 35.5 Å². The highest BCUT2D eigenvalue weighted by molar-refractivity contribution is 5.84. The zero-order valence-corrected chi connectivity index (χ0v) is 14.0. The van der Waals surface area contributed by atoms with Gasteiger partial charge in [0.15, 0.2) is 11.5 Å². The molecule has 0 saturated carbocycles. The third kappa shape index (κ3) is 2.39. The van der Waals surface area contributed by atoms with Gasteiger partial charge in [0.2, 0.25) is 6.79 Å². The van der Waals surface area contributed by atoms with Crippen molar-refractivity contribution in [3.63, 3.8) is 0 Å². The zero-order chi connectivity index (χ0) is 16.8. The highest BCUT2D eigenvalue weighted by atomic mass is 16.7. The van der Waals surface area contributed by atoms with Crippen molar-refractivity contribution in [3.05, 3.63) is 59.1 Å². The second kappa shape index (κ2) is 5.63. The van der Waals surface area contributed by atoms with Crippen LogP contribution < -0.4 is 14.8 Å². The lowest BCUT2D eigenvalue weighted by Crippen LogP contribution is -2.28. The molecule has 1 aromatic carbocycles. The molecule has 0 bridgehead atoms. The highest BCUT2D eigenvalue weighted by Crippen LogP contribution is 2.36. The Balaban J connectivity index is 1.51. The molecule has 2 aliphatic rings. The molecule has 0 spiro atoms. The van der Waals surface area contributed by atoms with Gasteiger partial charge in [0, 0.05) is 23.8 Å². The molecular weight excluding hydrogens is 314 g/mol. The van der Waals surface area contributed by atoms with Crippen molar-refractivity contribution in [2.75, 3.05) is 13.3 Å². The smallest absolute Gasteiger partial charge is 0.231 e. The predicted octanol–water partition coefficient (Wildman–Crippen LogP) is 3.50. The van der Waals surface area contributed by atoms with Crippen LogP contribution in [0.1, 0.15) is 28.4 Å². The molecule has 25 heavy (non-hydrogen) atoms. The van der Waals surface area contributed by atoms with Crippen LogP contribution in [-0.4, -0.2) is 23.3 Å². The van der Waals surface area contributed by atoms with E-state index in [1.807, 2.05) is 24.5 Å². The van der Waals surface area contributed by atoms with Gasteiger partial charge in [0.25, 0.3) is 0 Å². The number of fused-ring (bicyclic) bond motifs is 4. The maximum absolute atomic E-state index is 5.50. The number of rotatable bonds is 2. The number of aromatic nitrogens is 2. The number of ether oxygens (including phenoxy) is 2. The van der Waals surface area contributed by atoms with Crippen LogP contribution in [-0.2, 0) is 6.42 Å². The molecule has 0 amide bonds. The van der Waals surface area contributed by atoms with Crippen LogP contribution in [0.15, 0.2) is 36.7 Å². The van der Waals surface area contributed by atoms with Gasteiger partial charge >= 0.3 is 0 Å². The van der Waals surface area contributed by atoms with E-state index < -0.39 is 0 Å². The average molecular weight is 333 g/mol. The summed E-state index contributed by atoms with van der Waals surface area (Å²) in [6.07, 6.45) is 9.17. The summed E-state index contributed by atoms with van der Waals surface area (Å²) in [5.74, 6) is 1.65. The first-order valence-electron chi connectivity index (χ1n) is 8.56. The largest absolute Gasteiger partial charge is 0.454 e. The maximum atomic E-state index is 5.50. The Morgan fingerprint density at radius 3 is 3.04 bits per heavy atom. The summed E-state index contributed by atoms with van der Waals surface area (Å²) in [6.45, 7) is 3.37. The van der Waals surface area contributed by atoms with E-state index in [2.05, 4.69) is 40.4 Å². The number of H-pyrrole nitrogens is 1. The monoisotopic (exact) mass is 333 g/mol. The average Bonchev–Trinajstić information content (AvgIpc) is 3.23. The summed E-state index contributed by atoms with van der Waals surface area (Å²) in [6, 6.07) is 6.35. The van der Waals surface area contributed by atoms with E-state index in [1.165, 1.54) is 22.2 Å². The second-order valence-electron chi connectivity index (χ2n) is 6.54. The number of nitrogens with zero attached hydrogens (tertiary/aromatic N) is 1. The van der Waals surface area contributed by atoms with Gasteiger partial charge in [-0.25, -0.2) is 0 Å². The molecule has 126 valence electrons. The van der Waals surface area contributed by atoms with Crippen molar-refractivity contribution in [2.24, 2.45) is 0 Å². The molecule has 1 unspecified atom stereocenters. The first-order chi connectivity index (χ1) is 12.3. The lowest BCUT2D eigenvalue weighted by atomic mass is 9.98. The first kappa shape index (κ1) is 14.5. The quantitative estimate of drug-likeness (QED) is 0.753. The van der Waals surface area contributed by atoms with Crippen molar-refractivity contribution in [1.29, 1.82) is 0 Å². The molecule has 1 atom stereocenters. The van der Waals surface area contributed by atoms with Crippen LogP contribution in [0.4, 0.5) is 0 Å².